The molecule has 0 amide bonds. The Morgan fingerprint density at radius 2 is 0.489 bits per heavy atom. The molecule has 3 saturated carbocycles. The normalized spacial score (nSPS) is 23.1. The Morgan fingerprint density at radius 1 is 0.266 bits per heavy atom. The SMILES string of the molecule is CC(C)(C)CC1CCCCC1.CC(C)(C)CC1CCCCC1.CC(C)(C)N1CCCCC1.CC(C)(C)N1CCCCC1.CC1CCC(NC(C)(C)C)CC1.CC1CCN(C(C)(C)C)CC1.CC1CCN(C(C)(C)C)CC1.CN1CCC(CC(C)(C)C)CC1.CNC.CNC. The number of nitrogens with zero attached hydrogens (tertiary/aromatic N) is 5. The highest BCUT2D eigenvalue weighted by Crippen LogP contribution is 2.36. The van der Waals surface area contributed by atoms with Crippen LogP contribution in [0.15, 0.2) is 0 Å². The first kappa shape index (κ1) is 95.7. The first-order valence-electron chi connectivity index (χ1n) is 40.8. The molecule has 0 spiro atoms. The van der Waals surface area contributed by atoms with Gasteiger partial charge in [0.25, 0.3) is 0 Å². The highest BCUT2D eigenvalue weighted by atomic mass is 15.2. The van der Waals surface area contributed by atoms with Gasteiger partial charge in [0.1, 0.15) is 0 Å². The lowest BCUT2D eigenvalue weighted by atomic mass is 9.78. The average molecular weight is 1330 g/mol. The Hall–Kier alpha value is -0.320. The van der Waals surface area contributed by atoms with E-state index in [0.29, 0.717) is 43.9 Å². The lowest BCUT2D eigenvalue weighted by Gasteiger charge is -2.40. The molecule has 5 heterocycles. The van der Waals surface area contributed by atoms with E-state index in [-0.39, 0.29) is 0 Å². The van der Waals surface area contributed by atoms with Crippen molar-refractivity contribution in [3.05, 3.63) is 0 Å². The van der Waals surface area contributed by atoms with Gasteiger partial charge in [-0.15, -0.1) is 0 Å². The van der Waals surface area contributed by atoms with Crippen LogP contribution in [0.25, 0.3) is 0 Å². The third-order valence-corrected chi connectivity index (χ3v) is 20.7. The van der Waals surface area contributed by atoms with Gasteiger partial charge in [0.05, 0.1) is 0 Å². The van der Waals surface area contributed by atoms with E-state index >= 15 is 0 Å². The molecule has 0 unspecified atom stereocenters. The second-order valence-electron chi connectivity index (χ2n) is 40.5. The summed E-state index contributed by atoms with van der Waals surface area (Å²) in [7, 11) is 9.73. The average Bonchev–Trinajstić information content (AvgIpc) is 1.85. The summed E-state index contributed by atoms with van der Waals surface area (Å²) in [6.45, 7) is 75.8. The number of likely N-dealkylation sites (tertiary alicyclic amines) is 5. The first-order chi connectivity index (χ1) is 43.1. The zero-order chi connectivity index (χ0) is 72.6. The molecule has 8 fully saturated rings. The minimum absolute atomic E-state index is 0.297. The van der Waals surface area contributed by atoms with Crippen molar-refractivity contribution in [2.45, 2.75) is 407 Å². The Kier molecular flexibility index (Phi) is 50.2. The fraction of sp³-hybridized carbons (Fsp3) is 1.00. The van der Waals surface area contributed by atoms with Crippen LogP contribution in [0.2, 0.25) is 0 Å². The maximum Gasteiger partial charge on any atom is 0.0125 e. The van der Waals surface area contributed by atoms with Gasteiger partial charge in [0, 0.05) is 33.7 Å². The first-order valence-corrected chi connectivity index (χ1v) is 40.8. The Bertz CT molecular complexity index is 1540. The predicted molar refractivity (Wildman–Crippen MR) is 430 cm³/mol. The molecule has 3 aliphatic carbocycles. The van der Waals surface area contributed by atoms with Gasteiger partial charge in [-0.1, -0.05) is 160 Å². The number of nitrogens with one attached hydrogen (secondary N) is 3. The van der Waals surface area contributed by atoms with E-state index in [0.717, 1.165) is 41.5 Å². The minimum Gasteiger partial charge on any atom is -0.323 e. The molecule has 568 valence electrons. The number of hydrogen-bond donors (Lipinski definition) is 3. The van der Waals surface area contributed by atoms with Gasteiger partial charge in [-0.2, -0.15) is 0 Å². The van der Waals surface area contributed by atoms with Crippen LogP contribution in [-0.4, -0.2) is 159 Å². The number of hydrogen-bond acceptors (Lipinski definition) is 8. The summed E-state index contributed by atoms with van der Waals surface area (Å²) in [5.41, 5.74) is 3.52. The van der Waals surface area contributed by atoms with Crippen molar-refractivity contribution >= 4 is 0 Å². The third-order valence-electron chi connectivity index (χ3n) is 20.7. The van der Waals surface area contributed by atoms with Gasteiger partial charge in [-0.05, 0) is 365 Å². The Morgan fingerprint density at radius 3 is 0.713 bits per heavy atom. The van der Waals surface area contributed by atoms with E-state index in [1.54, 1.807) is 0 Å². The fourth-order valence-electron chi connectivity index (χ4n) is 15.2. The van der Waals surface area contributed by atoms with E-state index < -0.39 is 0 Å². The molecular weight excluding hydrogens is 1150 g/mol. The van der Waals surface area contributed by atoms with Crippen LogP contribution >= 0.6 is 0 Å². The summed E-state index contributed by atoms with van der Waals surface area (Å²) in [5, 5.41) is 9.18. The lowest BCUT2D eigenvalue weighted by molar-refractivity contribution is 0.0915. The number of piperidine rings is 5. The molecule has 0 bridgehead atoms. The molecule has 0 aromatic heterocycles. The van der Waals surface area contributed by atoms with E-state index in [2.05, 4.69) is 234 Å². The Balaban J connectivity index is 0. The van der Waals surface area contributed by atoms with Crippen molar-refractivity contribution in [2.24, 2.45) is 51.8 Å². The monoisotopic (exact) mass is 1330 g/mol. The number of rotatable bonds is 4. The third kappa shape index (κ3) is 56.3. The summed E-state index contributed by atoms with van der Waals surface area (Å²) in [6, 6.07) is 0.779. The summed E-state index contributed by atoms with van der Waals surface area (Å²) >= 11 is 0. The maximum atomic E-state index is 3.68. The molecular formula is C86H184N8. The minimum atomic E-state index is 0.297. The van der Waals surface area contributed by atoms with Gasteiger partial charge in [0.2, 0.25) is 0 Å². The largest absolute Gasteiger partial charge is 0.323 e. The van der Waals surface area contributed by atoms with Crippen LogP contribution in [0, 0.1) is 51.8 Å². The molecule has 5 saturated heterocycles. The van der Waals surface area contributed by atoms with Gasteiger partial charge in [-0.25, -0.2) is 0 Å². The molecule has 5 aliphatic heterocycles. The smallest absolute Gasteiger partial charge is 0.0125 e. The van der Waals surface area contributed by atoms with Crippen molar-refractivity contribution in [1.29, 1.82) is 0 Å². The quantitative estimate of drug-likeness (QED) is 0.258. The second kappa shape index (κ2) is 49.3. The fourth-order valence-corrected chi connectivity index (χ4v) is 15.2. The standard InChI is InChI=1S/2C11H23N.2C11H22.2C10H21N.2C9H19N.2C2H7N/c1-11(2,3)9-10-5-7-12(4)8-6-10;1-9-5-7-10(8-6-9)12-11(2,3)4;2*1-11(2,3)9-10-7-5-4-6-8-10;2*1-9-5-7-11(8-6-9)10(2,3)4;2*1-9(2,3)10-7-5-4-6-8-10;2*1-3-2/h10H,5-9H2,1-4H3;9-10,12H,5-8H2,1-4H3;2*10H,4-9H2,1-3H3;2*9H,5-8H2,1-4H3;2*4-8H2,1-3H3;2*3H,1-2H3. The van der Waals surface area contributed by atoms with Crippen LogP contribution in [0.5, 0.6) is 0 Å². The van der Waals surface area contributed by atoms with Crippen molar-refractivity contribution in [3.63, 3.8) is 0 Å². The molecule has 3 N–H and O–H groups in total. The Labute approximate surface area is 596 Å². The topological polar surface area (TPSA) is 52.3 Å². The molecule has 0 aromatic carbocycles. The maximum absolute atomic E-state index is 3.68. The summed E-state index contributed by atoms with van der Waals surface area (Å²) < 4.78 is 0. The van der Waals surface area contributed by atoms with E-state index in [1.165, 1.54) is 252 Å². The van der Waals surface area contributed by atoms with Crippen molar-refractivity contribution in [2.75, 3.05) is 101 Å². The van der Waals surface area contributed by atoms with Crippen molar-refractivity contribution in [1.82, 2.24) is 40.4 Å². The summed E-state index contributed by atoms with van der Waals surface area (Å²) in [6.07, 6.45) is 41.6. The molecule has 8 rings (SSSR count). The van der Waals surface area contributed by atoms with Gasteiger partial charge >= 0.3 is 0 Å². The van der Waals surface area contributed by atoms with E-state index in [4.69, 9.17) is 0 Å². The van der Waals surface area contributed by atoms with E-state index in [1.807, 2.05) is 28.2 Å². The van der Waals surface area contributed by atoms with Crippen LogP contribution in [0.4, 0.5) is 0 Å². The second-order valence-corrected chi connectivity index (χ2v) is 40.5. The van der Waals surface area contributed by atoms with Crippen LogP contribution < -0.4 is 16.0 Å². The molecule has 0 atom stereocenters. The molecule has 0 aromatic rings. The molecule has 0 radical (unpaired) electrons. The van der Waals surface area contributed by atoms with Crippen molar-refractivity contribution < 1.29 is 0 Å². The highest BCUT2D eigenvalue weighted by Gasteiger charge is 2.29. The summed E-state index contributed by atoms with van der Waals surface area (Å²) in [4.78, 5) is 12.8. The molecule has 8 aliphatic rings. The highest BCUT2D eigenvalue weighted by molar-refractivity contribution is 4.85. The zero-order valence-electron chi connectivity index (χ0n) is 71.4. The predicted octanol–water partition coefficient (Wildman–Crippen LogP) is 23.0. The van der Waals surface area contributed by atoms with Crippen LogP contribution in [0.3, 0.4) is 0 Å². The van der Waals surface area contributed by atoms with Crippen LogP contribution in [-0.2, 0) is 0 Å². The van der Waals surface area contributed by atoms with Gasteiger partial charge in [-0.3, -0.25) is 19.6 Å². The zero-order valence-corrected chi connectivity index (χ0v) is 71.4. The van der Waals surface area contributed by atoms with Gasteiger partial charge < -0.3 is 20.9 Å². The lowest BCUT2D eigenvalue weighted by Crippen LogP contribution is -2.45. The molecule has 94 heavy (non-hydrogen) atoms. The summed E-state index contributed by atoms with van der Waals surface area (Å²) in [5.74, 6) is 5.94. The van der Waals surface area contributed by atoms with Crippen molar-refractivity contribution in [3.8, 4) is 0 Å². The molecule has 8 heteroatoms. The molecule has 8 nitrogen and oxygen atoms in total. The van der Waals surface area contributed by atoms with Crippen LogP contribution in [0.1, 0.15) is 373 Å². The van der Waals surface area contributed by atoms with E-state index in [9.17, 15) is 0 Å². The van der Waals surface area contributed by atoms with Gasteiger partial charge in [0.15, 0.2) is 0 Å².